The molecule has 0 radical (unpaired) electrons. The topological polar surface area (TPSA) is 78.5 Å². The summed E-state index contributed by atoms with van der Waals surface area (Å²) in [6, 6.07) is 2.74. The second kappa shape index (κ2) is 5.00. The monoisotopic (exact) mass is 264 g/mol. The molecule has 0 aromatic heterocycles. The Kier molecular flexibility index (Phi) is 4.18. The van der Waals surface area contributed by atoms with Gasteiger partial charge in [0.2, 0.25) is 0 Å². The summed E-state index contributed by atoms with van der Waals surface area (Å²) in [6.45, 7) is 0. The number of benzene rings is 1. The van der Waals surface area contributed by atoms with E-state index < -0.39 is 7.12 Å². The highest BCUT2D eigenvalue weighted by molar-refractivity contribution is 7.80. The zero-order chi connectivity index (χ0) is 11.6. The molecule has 1 aromatic carbocycles. The van der Waals surface area contributed by atoms with Gasteiger partial charge in [0.05, 0.1) is 10.7 Å². The zero-order valence-electron chi connectivity index (χ0n) is 7.37. The second-order valence-electron chi connectivity index (χ2n) is 2.72. The third kappa shape index (κ3) is 3.22. The molecule has 0 aliphatic heterocycles. The summed E-state index contributed by atoms with van der Waals surface area (Å²) in [4.78, 5) is 0. The number of halogens is 2. The maximum absolute atomic E-state index is 8.99. The third-order valence-corrected chi connectivity index (χ3v) is 2.36. The highest BCUT2D eigenvalue weighted by atomic mass is 35.5. The van der Waals surface area contributed by atoms with Crippen LogP contribution in [-0.4, -0.2) is 22.3 Å². The molecule has 0 fully saturated rings. The van der Waals surface area contributed by atoms with Gasteiger partial charge in [-0.15, -0.1) is 0 Å². The molecule has 15 heavy (non-hydrogen) atoms. The van der Waals surface area contributed by atoms with Crippen LogP contribution in [0.3, 0.4) is 0 Å². The quantitative estimate of drug-likeness (QED) is 0.457. The minimum Gasteiger partial charge on any atom is -0.423 e. The second-order valence-corrected chi connectivity index (χ2v) is 3.97. The Balaban J connectivity index is 3.17. The predicted octanol–water partition coefficient (Wildman–Crippen LogP) is 0.329. The SMILES string of the molecule is NC(=S)Nc1cc(B(O)O)c(Cl)cc1Cl. The van der Waals surface area contributed by atoms with Crippen LogP contribution < -0.4 is 16.5 Å². The van der Waals surface area contributed by atoms with E-state index in [1.165, 1.54) is 12.1 Å². The van der Waals surface area contributed by atoms with Gasteiger partial charge in [0.25, 0.3) is 0 Å². The lowest BCUT2D eigenvalue weighted by atomic mass is 9.80. The van der Waals surface area contributed by atoms with Crippen LogP contribution in [0.15, 0.2) is 12.1 Å². The van der Waals surface area contributed by atoms with Crippen molar-refractivity contribution in [3.63, 3.8) is 0 Å². The van der Waals surface area contributed by atoms with Gasteiger partial charge in [-0.1, -0.05) is 23.2 Å². The molecule has 0 bridgehead atoms. The number of anilines is 1. The van der Waals surface area contributed by atoms with E-state index in [0.717, 1.165) is 0 Å². The van der Waals surface area contributed by atoms with Crippen molar-refractivity contribution in [3.05, 3.63) is 22.2 Å². The largest absolute Gasteiger partial charge is 0.490 e. The minimum atomic E-state index is -1.68. The molecule has 0 saturated heterocycles. The molecule has 4 nitrogen and oxygen atoms in total. The molecule has 0 heterocycles. The zero-order valence-corrected chi connectivity index (χ0v) is 9.70. The number of rotatable bonds is 2. The molecule has 5 N–H and O–H groups in total. The molecule has 0 unspecified atom stereocenters. The van der Waals surface area contributed by atoms with E-state index in [1.807, 2.05) is 0 Å². The van der Waals surface area contributed by atoms with Gasteiger partial charge in [0.1, 0.15) is 0 Å². The molecule has 80 valence electrons. The predicted molar refractivity (Wildman–Crippen MR) is 66.7 cm³/mol. The average Bonchev–Trinajstić information content (AvgIpc) is 2.08. The van der Waals surface area contributed by atoms with E-state index in [2.05, 4.69) is 17.5 Å². The lowest BCUT2D eigenvalue weighted by Crippen LogP contribution is -2.31. The van der Waals surface area contributed by atoms with E-state index in [9.17, 15) is 0 Å². The summed E-state index contributed by atoms with van der Waals surface area (Å²) < 4.78 is 0. The first-order chi connectivity index (χ1) is 6.91. The Labute approximate surface area is 102 Å². The van der Waals surface area contributed by atoms with Crippen LogP contribution in [0.1, 0.15) is 0 Å². The number of hydrogen-bond donors (Lipinski definition) is 4. The van der Waals surface area contributed by atoms with Gasteiger partial charge >= 0.3 is 7.12 Å². The van der Waals surface area contributed by atoms with Crippen molar-refractivity contribution in [1.29, 1.82) is 0 Å². The van der Waals surface area contributed by atoms with Crippen molar-refractivity contribution < 1.29 is 10.0 Å². The first-order valence-electron chi connectivity index (χ1n) is 3.83. The van der Waals surface area contributed by atoms with Crippen molar-refractivity contribution in [2.24, 2.45) is 5.73 Å². The summed E-state index contributed by atoms with van der Waals surface area (Å²) in [6.07, 6.45) is 0. The smallest absolute Gasteiger partial charge is 0.423 e. The molecule has 0 saturated carbocycles. The Morgan fingerprint density at radius 2 is 1.93 bits per heavy atom. The lowest BCUT2D eigenvalue weighted by molar-refractivity contribution is 0.426. The molecule has 0 atom stereocenters. The lowest BCUT2D eigenvalue weighted by Gasteiger charge is -2.10. The van der Waals surface area contributed by atoms with E-state index in [0.29, 0.717) is 5.69 Å². The molecule has 1 aromatic rings. The van der Waals surface area contributed by atoms with Gasteiger partial charge in [0.15, 0.2) is 5.11 Å². The van der Waals surface area contributed by atoms with Crippen molar-refractivity contribution >= 4 is 58.8 Å². The van der Waals surface area contributed by atoms with E-state index in [4.69, 9.17) is 39.0 Å². The molecule has 0 spiro atoms. The fourth-order valence-electron chi connectivity index (χ4n) is 0.992. The van der Waals surface area contributed by atoms with Crippen molar-refractivity contribution in [3.8, 4) is 0 Å². The number of nitrogens with two attached hydrogens (primary N) is 1. The Hall–Kier alpha value is -0.525. The summed E-state index contributed by atoms with van der Waals surface area (Å²) in [5.41, 5.74) is 5.76. The van der Waals surface area contributed by atoms with Gasteiger partial charge in [-0.05, 0) is 24.4 Å². The van der Waals surface area contributed by atoms with Gasteiger partial charge < -0.3 is 21.1 Å². The van der Waals surface area contributed by atoms with E-state index in [-0.39, 0.29) is 20.6 Å². The van der Waals surface area contributed by atoms with Crippen molar-refractivity contribution in [1.82, 2.24) is 0 Å². The fraction of sp³-hybridized carbons (Fsp3) is 0. The highest BCUT2D eigenvalue weighted by Gasteiger charge is 2.17. The number of hydrogen-bond acceptors (Lipinski definition) is 3. The normalized spacial score (nSPS) is 9.87. The minimum absolute atomic E-state index is 0.0256. The third-order valence-electron chi connectivity index (χ3n) is 1.62. The molecule has 0 amide bonds. The van der Waals surface area contributed by atoms with Crippen LogP contribution in [0.2, 0.25) is 10.0 Å². The van der Waals surface area contributed by atoms with Gasteiger partial charge in [-0.2, -0.15) is 0 Å². The van der Waals surface area contributed by atoms with Crippen molar-refractivity contribution in [2.45, 2.75) is 0 Å². The molecular weight excluding hydrogens is 258 g/mol. The number of nitrogens with one attached hydrogen (secondary N) is 1. The maximum Gasteiger partial charge on any atom is 0.490 e. The van der Waals surface area contributed by atoms with Gasteiger partial charge in [0, 0.05) is 10.5 Å². The molecule has 8 heteroatoms. The maximum atomic E-state index is 8.99. The van der Waals surface area contributed by atoms with Crippen molar-refractivity contribution in [2.75, 3.05) is 5.32 Å². The first-order valence-corrected chi connectivity index (χ1v) is 4.99. The summed E-state index contributed by atoms with van der Waals surface area (Å²) in [5.74, 6) is 0. The van der Waals surface area contributed by atoms with E-state index >= 15 is 0 Å². The highest BCUT2D eigenvalue weighted by Crippen LogP contribution is 2.24. The molecule has 1 rings (SSSR count). The van der Waals surface area contributed by atoms with Crippen LogP contribution in [-0.2, 0) is 0 Å². The Bertz CT molecular complexity index is 403. The molecule has 0 aliphatic carbocycles. The van der Waals surface area contributed by atoms with Crippen LogP contribution in [0.25, 0.3) is 0 Å². The average molecular weight is 265 g/mol. The fourth-order valence-corrected chi connectivity index (χ4v) is 1.63. The molecular formula is C7H7BCl2N2O2S. The Morgan fingerprint density at radius 3 is 2.40 bits per heavy atom. The summed E-state index contributed by atoms with van der Waals surface area (Å²) >= 11 is 16.2. The van der Waals surface area contributed by atoms with Gasteiger partial charge in [-0.25, -0.2) is 0 Å². The van der Waals surface area contributed by atoms with Crippen LogP contribution in [0, 0.1) is 0 Å². The molecule has 0 aliphatic rings. The van der Waals surface area contributed by atoms with Gasteiger partial charge in [-0.3, -0.25) is 0 Å². The summed E-state index contributed by atoms with van der Waals surface area (Å²) in [7, 11) is -1.68. The number of thiocarbonyl (C=S) groups is 1. The van der Waals surface area contributed by atoms with Crippen LogP contribution >= 0.6 is 35.4 Å². The van der Waals surface area contributed by atoms with Crippen LogP contribution in [0.4, 0.5) is 5.69 Å². The summed E-state index contributed by atoms with van der Waals surface area (Å²) in [5, 5.41) is 21.0. The first kappa shape index (κ1) is 12.5. The Morgan fingerprint density at radius 1 is 1.33 bits per heavy atom. The van der Waals surface area contributed by atoms with E-state index in [1.54, 1.807) is 0 Å². The standard InChI is InChI=1S/C7H7BCl2N2O2S/c9-4-2-5(10)6(12-7(11)15)1-3(4)8(13)14/h1-2,13-14H,(H3,11,12,15). The van der Waals surface area contributed by atoms with Crippen LogP contribution in [0.5, 0.6) is 0 Å².